The van der Waals surface area contributed by atoms with Crippen LogP contribution < -0.4 is 10.6 Å². The van der Waals surface area contributed by atoms with Gasteiger partial charge >= 0.3 is 6.03 Å². The fourth-order valence-electron chi connectivity index (χ4n) is 2.00. The van der Waals surface area contributed by atoms with Gasteiger partial charge in [-0.15, -0.1) is 0 Å². The molecule has 0 unspecified atom stereocenters. The smallest absolute Gasteiger partial charge is 0.319 e. The maximum Gasteiger partial charge on any atom is 0.319 e. The molecule has 0 aromatic heterocycles. The predicted molar refractivity (Wildman–Crippen MR) is 79.5 cm³/mol. The van der Waals surface area contributed by atoms with Crippen molar-refractivity contribution < 1.29 is 22.7 Å². The number of methoxy groups -OCH3 is 1. The zero-order valence-corrected chi connectivity index (χ0v) is 12.3. The van der Waals surface area contributed by atoms with Crippen LogP contribution in [0.4, 0.5) is 23.7 Å². The van der Waals surface area contributed by atoms with Crippen LogP contribution in [-0.4, -0.2) is 19.7 Å². The molecule has 7 heteroatoms. The standard InChI is InChI=1S/C16H15F3N2O2/c1-23-14(10-4-2-5-11(17)8-10)9-20-16(22)21-15-12(18)6-3-7-13(15)19/h2-8,14H,9H2,1H3,(H2,20,21,22)/t14-/m1/s1. The molecule has 2 aromatic carbocycles. The van der Waals surface area contributed by atoms with Gasteiger partial charge in [0.1, 0.15) is 23.1 Å². The van der Waals surface area contributed by atoms with E-state index >= 15 is 0 Å². The van der Waals surface area contributed by atoms with Crippen molar-refractivity contribution in [1.82, 2.24) is 5.32 Å². The van der Waals surface area contributed by atoms with Crippen LogP contribution in [0.2, 0.25) is 0 Å². The third-order valence-corrected chi connectivity index (χ3v) is 3.15. The molecule has 4 nitrogen and oxygen atoms in total. The molecule has 2 aromatic rings. The van der Waals surface area contributed by atoms with Crippen molar-refractivity contribution in [2.75, 3.05) is 19.0 Å². The van der Waals surface area contributed by atoms with Gasteiger partial charge in [0.05, 0.1) is 6.10 Å². The lowest BCUT2D eigenvalue weighted by molar-refractivity contribution is 0.104. The quantitative estimate of drug-likeness (QED) is 0.883. The number of para-hydroxylation sites is 1. The first-order valence-electron chi connectivity index (χ1n) is 6.78. The SMILES string of the molecule is CO[C@H](CNC(=O)Nc1c(F)cccc1F)c1cccc(F)c1. The second-order valence-electron chi connectivity index (χ2n) is 4.71. The van der Waals surface area contributed by atoms with Crippen molar-refractivity contribution in [3.8, 4) is 0 Å². The van der Waals surface area contributed by atoms with Crippen molar-refractivity contribution >= 4 is 11.7 Å². The molecular formula is C16H15F3N2O2. The Bertz CT molecular complexity index is 675. The second-order valence-corrected chi connectivity index (χ2v) is 4.71. The number of rotatable bonds is 5. The molecule has 0 aliphatic carbocycles. The van der Waals surface area contributed by atoms with Crippen LogP contribution in [0.1, 0.15) is 11.7 Å². The summed E-state index contributed by atoms with van der Waals surface area (Å²) in [6.07, 6.45) is -0.595. The number of hydrogen-bond donors (Lipinski definition) is 2. The number of carbonyl (C=O) groups is 1. The Labute approximate surface area is 131 Å². The Balaban J connectivity index is 1.98. The van der Waals surface area contributed by atoms with E-state index in [-0.39, 0.29) is 6.54 Å². The number of nitrogens with one attached hydrogen (secondary N) is 2. The molecule has 0 fully saturated rings. The van der Waals surface area contributed by atoms with Crippen molar-refractivity contribution in [2.45, 2.75) is 6.10 Å². The minimum Gasteiger partial charge on any atom is -0.375 e. The van der Waals surface area contributed by atoms with E-state index in [2.05, 4.69) is 10.6 Å². The highest BCUT2D eigenvalue weighted by Gasteiger charge is 2.15. The highest BCUT2D eigenvalue weighted by molar-refractivity contribution is 5.89. The number of hydrogen-bond acceptors (Lipinski definition) is 2. The van der Waals surface area contributed by atoms with Gasteiger partial charge < -0.3 is 15.4 Å². The topological polar surface area (TPSA) is 50.4 Å². The van der Waals surface area contributed by atoms with Gasteiger partial charge in [-0.3, -0.25) is 0 Å². The van der Waals surface area contributed by atoms with Crippen molar-refractivity contribution in [3.05, 3.63) is 65.5 Å². The van der Waals surface area contributed by atoms with Crippen molar-refractivity contribution in [2.24, 2.45) is 0 Å². The first kappa shape index (κ1) is 16.8. The number of benzene rings is 2. The van der Waals surface area contributed by atoms with Gasteiger partial charge in [-0.1, -0.05) is 18.2 Å². The lowest BCUT2D eigenvalue weighted by atomic mass is 10.1. The van der Waals surface area contributed by atoms with Crippen LogP contribution in [0.15, 0.2) is 42.5 Å². The average molecular weight is 324 g/mol. The maximum atomic E-state index is 13.4. The van der Waals surface area contributed by atoms with Crippen LogP contribution in [0.3, 0.4) is 0 Å². The normalized spacial score (nSPS) is 11.8. The monoisotopic (exact) mass is 324 g/mol. The number of carbonyl (C=O) groups excluding carboxylic acids is 1. The summed E-state index contributed by atoms with van der Waals surface area (Å²) in [6.45, 7) is 0.00184. The molecule has 2 amide bonds. The number of ether oxygens (including phenoxy) is 1. The fourth-order valence-corrected chi connectivity index (χ4v) is 2.00. The van der Waals surface area contributed by atoms with E-state index in [9.17, 15) is 18.0 Å². The zero-order chi connectivity index (χ0) is 16.8. The van der Waals surface area contributed by atoms with E-state index in [1.807, 2.05) is 0 Å². The number of halogens is 3. The van der Waals surface area contributed by atoms with Crippen LogP contribution >= 0.6 is 0 Å². The van der Waals surface area contributed by atoms with Gasteiger partial charge in [-0.2, -0.15) is 0 Å². The van der Waals surface area contributed by atoms with Crippen LogP contribution in [0.5, 0.6) is 0 Å². The average Bonchev–Trinajstić information content (AvgIpc) is 2.52. The Morgan fingerprint density at radius 3 is 2.39 bits per heavy atom. The van der Waals surface area contributed by atoms with E-state index < -0.39 is 35.3 Å². The first-order chi connectivity index (χ1) is 11.0. The predicted octanol–water partition coefficient (Wildman–Crippen LogP) is 3.61. The van der Waals surface area contributed by atoms with Gasteiger partial charge in [0.15, 0.2) is 0 Å². The Hall–Kier alpha value is -2.54. The van der Waals surface area contributed by atoms with Gasteiger partial charge in [-0.25, -0.2) is 18.0 Å². The molecule has 2 rings (SSSR count). The minimum atomic E-state index is -0.881. The van der Waals surface area contributed by atoms with E-state index in [1.165, 1.54) is 31.4 Å². The molecule has 122 valence electrons. The number of urea groups is 1. The molecule has 0 saturated heterocycles. The highest BCUT2D eigenvalue weighted by Crippen LogP contribution is 2.19. The van der Waals surface area contributed by atoms with Gasteiger partial charge in [0.2, 0.25) is 0 Å². The summed E-state index contributed by atoms with van der Waals surface area (Å²) >= 11 is 0. The molecule has 0 bridgehead atoms. The molecule has 2 N–H and O–H groups in total. The second kappa shape index (κ2) is 7.64. The molecule has 0 saturated carbocycles. The van der Waals surface area contributed by atoms with Crippen molar-refractivity contribution in [1.29, 1.82) is 0 Å². The lowest BCUT2D eigenvalue weighted by Gasteiger charge is -2.17. The summed E-state index contributed by atoms with van der Waals surface area (Å²) in [6, 6.07) is 8.19. The summed E-state index contributed by atoms with van der Waals surface area (Å²) in [5.41, 5.74) is -0.00500. The van der Waals surface area contributed by atoms with Gasteiger partial charge in [0, 0.05) is 13.7 Å². The highest BCUT2D eigenvalue weighted by atomic mass is 19.1. The van der Waals surface area contributed by atoms with E-state index in [0.29, 0.717) is 5.56 Å². The minimum absolute atomic E-state index is 0.00184. The largest absolute Gasteiger partial charge is 0.375 e. The third kappa shape index (κ3) is 4.46. The summed E-state index contributed by atoms with van der Waals surface area (Å²) in [5.74, 6) is -2.19. The summed E-state index contributed by atoms with van der Waals surface area (Å²) in [7, 11) is 1.41. The van der Waals surface area contributed by atoms with Crippen molar-refractivity contribution in [3.63, 3.8) is 0 Å². The molecule has 0 radical (unpaired) electrons. The Morgan fingerprint density at radius 1 is 1.13 bits per heavy atom. The summed E-state index contributed by atoms with van der Waals surface area (Å²) in [5, 5.41) is 4.51. The Morgan fingerprint density at radius 2 is 1.78 bits per heavy atom. The van der Waals surface area contributed by atoms with Gasteiger partial charge in [-0.05, 0) is 29.8 Å². The fraction of sp³-hybridized carbons (Fsp3) is 0.188. The van der Waals surface area contributed by atoms with E-state index in [0.717, 1.165) is 12.1 Å². The molecular weight excluding hydrogens is 309 g/mol. The molecule has 23 heavy (non-hydrogen) atoms. The summed E-state index contributed by atoms with van der Waals surface area (Å²) < 4.78 is 45.3. The van der Waals surface area contributed by atoms with Crippen LogP contribution in [-0.2, 0) is 4.74 Å². The van der Waals surface area contributed by atoms with Gasteiger partial charge in [0.25, 0.3) is 0 Å². The molecule has 1 atom stereocenters. The first-order valence-corrected chi connectivity index (χ1v) is 6.78. The molecule has 0 spiro atoms. The Kier molecular flexibility index (Phi) is 5.59. The molecule has 0 aliphatic heterocycles. The van der Waals surface area contributed by atoms with Crippen LogP contribution in [0, 0.1) is 17.5 Å². The molecule has 0 aliphatic rings. The third-order valence-electron chi connectivity index (χ3n) is 3.15. The lowest BCUT2D eigenvalue weighted by Crippen LogP contribution is -2.33. The maximum absolute atomic E-state index is 13.4. The van der Waals surface area contributed by atoms with E-state index in [1.54, 1.807) is 6.07 Å². The van der Waals surface area contributed by atoms with E-state index in [4.69, 9.17) is 4.74 Å². The number of amides is 2. The molecule has 0 heterocycles. The zero-order valence-electron chi connectivity index (χ0n) is 12.3. The number of anilines is 1. The van der Waals surface area contributed by atoms with Crippen LogP contribution in [0.25, 0.3) is 0 Å². The summed E-state index contributed by atoms with van der Waals surface area (Å²) in [4.78, 5) is 11.8.